The number of hydrogen-bond donors (Lipinski definition) is 2. The Bertz CT molecular complexity index is 895. The summed E-state index contributed by atoms with van der Waals surface area (Å²) in [7, 11) is 0. The number of thiophene rings is 1. The van der Waals surface area contributed by atoms with Crippen molar-refractivity contribution in [1.82, 2.24) is 15.2 Å². The number of nitrogens with one attached hydrogen (secondary N) is 1. The van der Waals surface area contributed by atoms with Crippen LogP contribution in [0.1, 0.15) is 28.2 Å². The van der Waals surface area contributed by atoms with Crippen molar-refractivity contribution in [3.8, 4) is 11.8 Å². The number of carbonyl (C=O) groups excluding carboxylic acids is 2. The van der Waals surface area contributed by atoms with Gasteiger partial charge in [-0.25, -0.2) is 0 Å². The molecule has 3 unspecified atom stereocenters. The molecule has 6 nitrogen and oxygen atoms in total. The van der Waals surface area contributed by atoms with Gasteiger partial charge in [0.25, 0.3) is 11.8 Å². The van der Waals surface area contributed by atoms with Crippen molar-refractivity contribution < 1.29 is 9.59 Å². The predicted octanol–water partition coefficient (Wildman–Crippen LogP) is 0.915. The Labute approximate surface area is 143 Å². The Morgan fingerprint density at radius 2 is 2.29 bits per heavy atom. The number of aromatic nitrogens is 1. The summed E-state index contributed by atoms with van der Waals surface area (Å²) in [6, 6.07) is 3.61. The van der Waals surface area contributed by atoms with Crippen LogP contribution in [0.5, 0.6) is 0 Å². The maximum absolute atomic E-state index is 12.5. The molecule has 122 valence electrons. The van der Waals surface area contributed by atoms with E-state index < -0.39 is 5.91 Å². The SMILES string of the molecule is NC(=O)C#Cc1cc2cnc(C(=O)NC3CC4CCN3C4)cc2s1. The summed E-state index contributed by atoms with van der Waals surface area (Å²) >= 11 is 1.41. The predicted molar refractivity (Wildman–Crippen MR) is 91.2 cm³/mol. The Hall–Kier alpha value is -2.43. The second-order valence-corrected chi connectivity index (χ2v) is 7.29. The fraction of sp³-hybridized carbons (Fsp3) is 0.353. The number of rotatable bonds is 2. The molecule has 2 bridgehead atoms. The van der Waals surface area contributed by atoms with Crippen LogP contribution in [0.2, 0.25) is 0 Å². The van der Waals surface area contributed by atoms with E-state index in [-0.39, 0.29) is 12.1 Å². The molecule has 2 aliphatic rings. The molecule has 2 aromatic rings. The summed E-state index contributed by atoms with van der Waals surface area (Å²) in [5.41, 5.74) is 5.43. The van der Waals surface area contributed by atoms with E-state index in [9.17, 15) is 9.59 Å². The average molecular weight is 340 g/mol. The molecule has 0 saturated carbocycles. The molecule has 0 aromatic carbocycles. The topological polar surface area (TPSA) is 88.3 Å². The van der Waals surface area contributed by atoms with Crippen molar-refractivity contribution in [3.63, 3.8) is 0 Å². The van der Waals surface area contributed by atoms with E-state index in [0.717, 1.165) is 40.4 Å². The maximum Gasteiger partial charge on any atom is 0.293 e. The number of nitrogens with zero attached hydrogens (tertiary/aromatic N) is 2. The molecule has 2 amide bonds. The molecular formula is C17H16N4O2S. The first-order valence-electron chi connectivity index (χ1n) is 7.84. The van der Waals surface area contributed by atoms with E-state index in [1.54, 1.807) is 12.3 Å². The van der Waals surface area contributed by atoms with Crippen molar-refractivity contribution in [3.05, 3.63) is 28.9 Å². The first kappa shape index (κ1) is 15.1. The van der Waals surface area contributed by atoms with Crippen LogP contribution in [0.3, 0.4) is 0 Å². The van der Waals surface area contributed by atoms with Crippen LogP contribution in [0, 0.1) is 17.8 Å². The third kappa shape index (κ3) is 2.86. The van der Waals surface area contributed by atoms with Gasteiger partial charge in [-0.1, -0.05) is 0 Å². The number of nitrogens with two attached hydrogens (primary N) is 1. The summed E-state index contributed by atoms with van der Waals surface area (Å²) < 4.78 is 0.914. The van der Waals surface area contributed by atoms with Gasteiger partial charge in [0, 0.05) is 35.3 Å². The van der Waals surface area contributed by atoms with E-state index in [2.05, 4.69) is 27.0 Å². The lowest BCUT2D eigenvalue weighted by Crippen LogP contribution is -2.45. The van der Waals surface area contributed by atoms with E-state index in [1.165, 1.54) is 17.8 Å². The smallest absolute Gasteiger partial charge is 0.293 e. The van der Waals surface area contributed by atoms with Crippen molar-refractivity contribution >= 4 is 33.2 Å². The number of amides is 2. The Balaban J connectivity index is 1.53. The molecule has 3 atom stereocenters. The highest BCUT2D eigenvalue weighted by Crippen LogP contribution is 2.31. The molecular weight excluding hydrogens is 324 g/mol. The second kappa shape index (κ2) is 5.89. The molecule has 4 heterocycles. The fourth-order valence-electron chi connectivity index (χ4n) is 3.42. The van der Waals surface area contributed by atoms with Crippen LogP contribution in [-0.2, 0) is 4.79 Å². The number of primary amides is 1. The zero-order valence-electron chi connectivity index (χ0n) is 12.9. The Morgan fingerprint density at radius 1 is 1.42 bits per heavy atom. The summed E-state index contributed by atoms with van der Waals surface area (Å²) in [4.78, 5) is 30.5. The zero-order chi connectivity index (χ0) is 16.7. The lowest BCUT2D eigenvalue weighted by atomic mass is 10.0. The highest BCUT2D eigenvalue weighted by Gasteiger charge is 2.38. The molecule has 3 N–H and O–H groups in total. The van der Waals surface area contributed by atoms with E-state index in [0.29, 0.717) is 5.69 Å². The maximum atomic E-state index is 12.5. The van der Waals surface area contributed by atoms with Crippen LogP contribution in [0.4, 0.5) is 0 Å². The normalized spacial score (nSPS) is 24.6. The number of carbonyl (C=O) groups is 2. The quantitative estimate of drug-likeness (QED) is 0.796. The number of fused-ring (bicyclic) bond motifs is 3. The lowest BCUT2D eigenvalue weighted by Gasteiger charge is -2.25. The molecule has 7 heteroatoms. The third-order valence-corrected chi connectivity index (χ3v) is 5.57. The van der Waals surface area contributed by atoms with Crippen molar-refractivity contribution in [2.45, 2.75) is 19.0 Å². The Kier molecular flexibility index (Phi) is 3.71. The van der Waals surface area contributed by atoms with E-state index in [1.807, 2.05) is 6.07 Å². The number of pyridine rings is 1. The van der Waals surface area contributed by atoms with Gasteiger partial charge < -0.3 is 11.1 Å². The molecule has 2 aromatic heterocycles. The summed E-state index contributed by atoms with van der Waals surface area (Å²) in [6.45, 7) is 2.15. The minimum absolute atomic E-state index is 0.133. The molecule has 0 spiro atoms. The van der Waals surface area contributed by atoms with E-state index >= 15 is 0 Å². The van der Waals surface area contributed by atoms with Gasteiger partial charge in [-0.05, 0) is 36.8 Å². The van der Waals surface area contributed by atoms with Crippen LogP contribution >= 0.6 is 11.3 Å². The van der Waals surface area contributed by atoms with Crippen molar-refractivity contribution in [2.75, 3.05) is 13.1 Å². The van der Waals surface area contributed by atoms with Crippen LogP contribution in [0.25, 0.3) is 10.1 Å². The van der Waals surface area contributed by atoms with Crippen LogP contribution < -0.4 is 11.1 Å². The molecule has 2 aliphatic heterocycles. The Morgan fingerprint density at radius 3 is 3.00 bits per heavy atom. The summed E-state index contributed by atoms with van der Waals surface area (Å²) in [6.07, 6.45) is 4.06. The monoisotopic (exact) mass is 340 g/mol. The standard InChI is InChI=1S/C17H16N4O2S/c18-15(22)2-1-12-6-11-8-19-13(7-14(11)24-12)17(23)20-16-5-10-3-4-21(16)9-10/h6-8,10,16H,3-5,9H2,(H2,18,22)(H,20,23). The molecule has 0 radical (unpaired) electrons. The van der Waals surface area contributed by atoms with Crippen molar-refractivity contribution in [2.24, 2.45) is 11.7 Å². The van der Waals surface area contributed by atoms with Gasteiger partial charge in [0.1, 0.15) is 5.69 Å². The first-order valence-corrected chi connectivity index (χ1v) is 8.66. The molecule has 2 fully saturated rings. The van der Waals surface area contributed by atoms with Gasteiger partial charge in [0.2, 0.25) is 0 Å². The lowest BCUT2D eigenvalue weighted by molar-refractivity contribution is -0.112. The average Bonchev–Trinajstić information content (AvgIpc) is 3.26. The summed E-state index contributed by atoms with van der Waals surface area (Å²) in [5, 5.41) is 3.98. The fourth-order valence-corrected chi connectivity index (χ4v) is 4.35. The van der Waals surface area contributed by atoms with E-state index in [4.69, 9.17) is 5.73 Å². The third-order valence-electron chi connectivity index (χ3n) is 4.56. The largest absolute Gasteiger partial charge is 0.359 e. The zero-order valence-corrected chi connectivity index (χ0v) is 13.7. The van der Waals surface area contributed by atoms with Crippen LogP contribution in [0.15, 0.2) is 18.3 Å². The van der Waals surface area contributed by atoms with Gasteiger partial charge in [0.05, 0.1) is 11.0 Å². The molecule has 24 heavy (non-hydrogen) atoms. The van der Waals surface area contributed by atoms with Gasteiger partial charge in [-0.2, -0.15) is 0 Å². The molecule has 0 aliphatic carbocycles. The van der Waals surface area contributed by atoms with Crippen molar-refractivity contribution in [1.29, 1.82) is 0 Å². The first-order chi connectivity index (χ1) is 11.6. The molecule has 2 saturated heterocycles. The van der Waals surface area contributed by atoms with Gasteiger partial charge in [-0.15, -0.1) is 11.3 Å². The van der Waals surface area contributed by atoms with Gasteiger partial charge in [0.15, 0.2) is 0 Å². The highest BCUT2D eigenvalue weighted by molar-refractivity contribution is 7.19. The highest BCUT2D eigenvalue weighted by atomic mass is 32.1. The minimum atomic E-state index is -0.661. The summed E-state index contributed by atoms with van der Waals surface area (Å²) in [5.74, 6) is 4.95. The molecule has 4 rings (SSSR count). The van der Waals surface area contributed by atoms with Gasteiger partial charge >= 0.3 is 0 Å². The second-order valence-electron chi connectivity index (χ2n) is 6.21. The van der Waals surface area contributed by atoms with Crippen LogP contribution in [-0.4, -0.2) is 41.0 Å². The number of piperidine rings is 1. The minimum Gasteiger partial charge on any atom is -0.359 e. The van der Waals surface area contributed by atoms with Gasteiger partial charge in [-0.3, -0.25) is 19.5 Å². The number of hydrogen-bond acceptors (Lipinski definition) is 5.